The van der Waals surface area contributed by atoms with Crippen LogP contribution in [0.4, 0.5) is 0 Å². The Bertz CT molecular complexity index is 831. The van der Waals surface area contributed by atoms with Crippen LogP contribution in [0.2, 0.25) is 5.02 Å². The molecule has 2 aromatic rings. The number of rotatable bonds is 3. The molecule has 1 amide bonds. The number of phenols is 1. The van der Waals surface area contributed by atoms with E-state index in [9.17, 15) is 9.90 Å². The summed E-state index contributed by atoms with van der Waals surface area (Å²) >= 11 is 7.31. The van der Waals surface area contributed by atoms with E-state index in [2.05, 4.69) is 4.99 Å². The molecule has 2 aromatic carbocycles. The summed E-state index contributed by atoms with van der Waals surface area (Å²) in [7, 11) is 0. The normalized spacial score (nSPS) is 15.9. The smallest absolute Gasteiger partial charge is 0.278 e. The van der Waals surface area contributed by atoms with Crippen LogP contribution in [0.15, 0.2) is 59.2 Å². The van der Waals surface area contributed by atoms with Gasteiger partial charge in [0, 0.05) is 10.6 Å². The predicted molar refractivity (Wildman–Crippen MR) is 99.0 cm³/mol. The van der Waals surface area contributed by atoms with Crippen LogP contribution in [0.25, 0.3) is 6.08 Å². The second kappa shape index (κ2) is 7.11. The van der Waals surface area contributed by atoms with Crippen molar-refractivity contribution in [2.24, 2.45) is 4.99 Å². The number of aromatic hydroxyl groups is 1. The van der Waals surface area contributed by atoms with Crippen molar-refractivity contribution in [3.05, 3.63) is 70.4 Å². The monoisotopic (exact) mass is 358 g/mol. The van der Waals surface area contributed by atoms with Crippen LogP contribution in [0, 0.1) is 0 Å². The van der Waals surface area contributed by atoms with Crippen LogP contribution in [-0.4, -0.2) is 27.3 Å². The Morgan fingerprint density at radius 2 is 1.92 bits per heavy atom. The molecule has 6 heteroatoms. The first-order valence-electron chi connectivity index (χ1n) is 7.27. The molecule has 4 nitrogen and oxygen atoms in total. The van der Waals surface area contributed by atoms with Gasteiger partial charge in [0.25, 0.3) is 5.91 Å². The molecule has 1 aliphatic rings. The molecule has 122 valence electrons. The SMILES string of the molecule is CSC1=NC(=Cc2ccccc2O)C(=O)N1Cc1ccc(Cl)cc1. The maximum atomic E-state index is 12.7. The van der Waals surface area contributed by atoms with E-state index in [-0.39, 0.29) is 11.7 Å². The van der Waals surface area contributed by atoms with Crippen molar-refractivity contribution in [2.45, 2.75) is 6.54 Å². The summed E-state index contributed by atoms with van der Waals surface area (Å²) in [5, 5.41) is 11.2. The number of carbonyl (C=O) groups excluding carboxylic acids is 1. The molecule has 0 unspecified atom stereocenters. The van der Waals surface area contributed by atoms with Crippen molar-refractivity contribution in [1.29, 1.82) is 0 Å². The average molecular weight is 359 g/mol. The lowest BCUT2D eigenvalue weighted by atomic mass is 10.1. The number of benzene rings is 2. The zero-order chi connectivity index (χ0) is 17.1. The van der Waals surface area contributed by atoms with Crippen molar-refractivity contribution in [2.75, 3.05) is 6.26 Å². The molecule has 0 spiro atoms. The maximum Gasteiger partial charge on any atom is 0.278 e. The number of para-hydroxylation sites is 1. The fourth-order valence-electron chi connectivity index (χ4n) is 2.35. The first-order chi connectivity index (χ1) is 11.6. The molecule has 0 radical (unpaired) electrons. The highest BCUT2D eigenvalue weighted by atomic mass is 35.5. The number of phenolic OH excluding ortho intramolecular Hbond substituents is 1. The van der Waals surface area contributed by atoms with Gasteiger partial charge in [-0.3, -0.25) is 9.69 Å². The van der Waals surface area contributed by atoms with E-state index in [0.717, 1.165) is 5.56 Å². The second-order valence-corrected chi connectivity index (χ2v) is 6.41. The zero-order valence-electron chi connectivity index (χ0n) is 12.9. The molecule has 1 heterocycles. The van der Waals surface area contributed by atoms with E-state index >= 15 is 0 Å². The van der Waals surface area contributed by atoms with Gasteiger partial charge in [0.2, 0.25) is 0 Å². The van der Waals surface area contributed by atoms with E-state index in [1.165, 1.54) is 11.8 Å². The van der Waals surface area contributed by atoms with Crippen LogP contribution in [0.3, 0.4) is 0 Å². The van der Waals surface area contributed by atoms with Gasteiger partial charge >= 0.3 is 0 Å². The second-order valence-electron chi connectivity index (χ2n) is 5.20. The minimum atomic E-state index is -0.183. The Labute approximate surface area is 149 Å². The number of amidine groups is 1. The molecule has 24 heavy (non-hydrogen) atoms. The highest BCUT2D eigenvalue weighted by Crippen LogP contribution is 2.27. The number of hydrogen-bond acceptors (Lipinski definition) is 4. The minimum absolute atomic E-state index is 0.120. The van der Waals surface area contributed by atoms with Gasteiger partial charge in [-0.05, 0) is 36.1 Å². The molecule has 0 aromatic heterocycles. The first kappa shape index (κ1) is 16.6. The largest absolute Gasteiger partial charge is 0.507 e. The third-order valence-electron chi connectivity index (χ3n) is 3.58. The van der Waals surface area contributed by atoms with Gasteiger partial charge in [-0.15, -0.1) is 0 Å². The van der Waals surface area contributed by atoms with E-state index in [1.807, 2.05) is 18.4 Å². The Morgan fingerprint density at radius 1 is 1.21 bits per heavy atom. The summed E-state index contributed by atoms with van der Waals surface area (Å²) in [5.41, 5.74) is 1.85. The number of carbonyl (C=O) groups is 1. The summed E-state index contributed by atoms with van der Waals surface area (Å²) in [5.74, 6) is -0.0626. The van der Waals surface area contributed by atoms with Crippen molar-refractivity contribution in [3.8, 4) is 5.75 Å². The molecule has 3 rings (SSSR count). The lowest BCUT2D eigenvalue weighted by Crippen LogP contribution is -2.29. The Hall–Kier alpha value is -2.24. The van der Waals surface area contributed by atoms with Crippen LogP contribution in [-0.2, 0) is 11.3 Å². The van der Waals surface area contributed by atoms with Gasteiger partial charge in [-0.25, -0.2) is 4.99 Å². The molecule has 1 aliphatic heterocycles. The van der Waals surface area contributed by atoms with Gasteiger partial charge in [-0.2, -0.15) is 0 Å². The van der Waals surface area contributed by atoms with Crippen LogP contribution in [0.5, 0.6) is 5.75 Å². The minimum Gasteiger partial charge on any atom is -0.507 e. The van der Waals surface area contributed by atoms with Gasteiger partial charge in [0.1, 0.15) is 11.4 Å². The van der Waals surface area contributed by atoms with Crippen LogP contribution >= 0.6 is 23.4 Å². The van der Waals surface area contributed by atoms with E-state index in [4.69, 9.17) is 11.6 Å². The number of hydrogen-bond donors (Lipinski definition) is 1. The topological polar surface area (TPSA) is 52.9 Å². The van der Waals surface area contributed by atoms with E-state index in [0.29, 0.717) is 28.0 Å². The number of thioether (sulfide) groups is 1. The molecule has 1 N–H and O–H groups in total. The number of halogens is 1. The Morgan fingerprint density at radius 3 is 2.58 bits per heavy atom. The lowest BCUT2D eigenvalue weighted by molar-refractivity contribution is -0.122. The number of aliphatic imine (C=N–C) groups is 1. The highest BCUT2D eigenvalue weighted by molar-refractivity contribution is 8.13. The molecule has 0 aliphatic carbocycles. The van der Waals surface area contributed by atoms with Gasteiger partial charge in [0.15, 0.2) is 5.17 Å². The molecular weight excluding hydrogens is 344 g/mol. The van der Waals surface area contributed by atoms with Crippen LogP contribution < -0.4 is 0 Å². The number of amides is 1. The van der Waals surface area contributed by atoms with E-state index in [1.54, 1.807) is 47.4 Å². The summed E-state index contributed by atoms with van der Waals surface area (Å²) in [6.07, 6.45) is 3.49. The van der Waals surface area contributed by atoms with Crippen molar-refractivity contribution >= 4 is 40.5 Å². The Kier molecular flexibility index (Phi) is 4.92. The molecule has 0 atom stereocenters. The fraction of sp³-hybridized carbons (Fsp3) is 0.111. The summed E-state index contributed by atoms with van der Waals surface area (Å²) < 4.78 is 0. The molecule has 0 bridgehead atoms. The standard InChI is InChI=1S/C18H15ClN2O2S/c1-24-18-20-15(10-13-4-2-3-5-16(13)22)17(23)21(18)11-12-6-8-14(19)9-7-12/h2-10,22H,11H2,1H3. The summed E-state index contributed by atoms with van der Waals surface area (Å²) in [4.78, 5) is 18.7. The average Bonchev–Trinajstić information content (AvgIpc) is 2.88. The number of nitrogens with zero attached hydrogens (tertiary/aromatic N) is 2. The Balaban J connectivity index is 1.88. The van der Waals surface area contributed by atoms with Gasteiger partial charge < -0.3 is 5.11 Å². The maximum absolute atomic E-state index is 12.7. The zero-order valence-corrected chi connectivity index (χ0v) is 14.5. The summed E-state index contributed by atoms with van der Waals surface area (Å²) in [6, 6.07) is 14.2. The van der Waals surface area contributed by atoms with Crippen molar-refractivity contribution in [3.63, 3.8) is 0 Å². The molecule has 0 saturated heterocycles. The third kappa shape index (κ3) is 3.47. The summed E-state index contributed by atoms with van der Waals surface area (Å²) in [6.45, 7) is 0.424. The molecular formula is C18H15ClN2O2S. The quantitative estimate of drug-likeness (QED) is 0.838. The van der Waals surface area contributed by atoms with E-state index < -0.39 is 0 Å². The van der Waals surface area contributed by atoms with Crippen molar-refractivity contribution in [1.82, 2.24) is 4.90 Å². The molecule has 0 saturated carbocycles. The van der Waals surface area contributed by atoms with Gasteiger partial charge in [-0.1, -0.05) is 53.7 Å². The predicted octanol–water partition coefficient (Wildman–Crippen LogP) is 4.15. The highest BCUT2D eigenvalue weighted by Gasteiger charge is 2.29. The third-order valence-corrected chi connectivity index (χ3v) is 4.51. The van der Waals surface area contributed by atoms with Gasteiger partial charge in [0.05, 0.1) is 6.54 Å². The first-order valence-corrected chi connectivity index (χ1v) is 8.87. The van der Waals surface area contributed by atoms with Crippen LogP contribution in [0.1, 0.15) is 11.1 Å². The van der Waals surface area contributed by atoms with Crippen molar-refractivity contribution < 1.29 is 9.90 Å². The molecule has 0 fully saturated rings. The lowest BCUT2D eigenvalue weighted by Gasteiger charge is -2.16. The fourth-order valence-corrected chi connectivity index (χ4v) is 3.04.